The van der Waals surface area contributed by atoms with Crippen molar-refractivity contribution in [1.29, 1.82) is 0 Å². The van der Waals surface area contributed by atoms with Gasteiger partial charge in [-0.3, -0.25) is 0 Å². The fourth-order valence-corrected chi connectivity index (χ4v) is 1.78. The van der Waals surface area contributed by atoms with E-state index in [1.54, 1.807) is 14.2 Å². The molecule has 7 heteroatoms. The van der Waals surface area contributed by atoms with Crippen molar-refractivity contribution in [3.63, 3.8) is 0 Å². The number of carboxylic acid groups (broad SMARTS) is 1. The molecule has 0 spiro atoms. The van der Waals surface area contributed by atoms with Crippen LogP contribution in [0.15, 0.2) is 12.3 Å². The predicted molar refractivity (Wildman–Crippen MR) is 76.2 cm³/mol. The minimum Gasteiger partial charge on any atom is -0.478 e. The molecule has 0 unspecified atom stereocenters. The first-order valence-electron chi connectivity index (χ1n) is 6.31. The Hall–Kier alpha value is -1.86. The van der Waals surface area contributed by atoms with Crippen molar-refractivity contribution < 1.29 is 19.4 Å². The van der Waals surface area contributed by atoms with E-state index in [0.717, 1.165) is 6.42 Å². The molecule has 7 nitrogen and oxygen atoms in total. The van der Waals surface area contributed by atoms with Gasteiger partial charge in [0.2, 0.25) is 0 Å². The largest absolute Gasteiger partial charge is 0.478 e. The second-order valence-corrected chi connectivity index (χ2v) is 4.27. The maximum Gasteiger partial charge on any atom is 0.337 e. The summed E-state index contributed by atoms with van der Waals surface area (Å²) in [5.41, 5.74) is 6.32. The quantitative estimate of drug-likeness (QED) is 0.648. The highest BCUT2D eigenvalue weighted by molar-refractivity contribution is 5.89. The van der Waals surface area contributed by atoms with Gasteiger partial charge in [0.25, 0.3) is 0 Å². The number of hydrogen-bond donors (Lipinski definition) is 2. The van der Waals surface area contributed by atoms with E-state index in [1.807, 2.05) is 4.90 Å². The molecule has 1 aromatic rings. The molecule has 0 aliphatic rings. The number of nitrogens with zero attached hydrogens (tertiary/aromatic N) is 2. The molecule has 0 bridgehead atoms. The van der Waals surface area contributed by atoms with Crippen molar-refractivity contribution in [2.45, 2.75) is 6.42 Å². The Labute approximate surface area is 118 Å². The summed E-state index contributed by atoms with van der Waals surface area (Å²) in [6.45, 7) is 2.51. The number of nitrogen functional groups attached to an aromatic ring is 1. The van der Waals surface area contributed by atoms with E-state index < -0.39 is 5.97 Å². The fraction of sp³-hybridized carbons (Fsp3) is 0.538. The molecule has 0 aliphatic carbocycles. The molecule has 0 saturated heterocycles. The van der Waals surface area contributed by atoms with Crippen LogP contribution in [-0.2, 0) is 9.47 Å². The summed E-state index contributed by atoms with van der Waals surface area (Å²) in [7, 11) is 3.27. The van der Waals surface area contributed by atoms with Crippen molar-refractivity contribution in [3.8, 4) is 0 Å². The molecule has 20 heavy (non-hydrogen) atoms. The van der Waals surface area contributed by atoms with E-state index in [-0.39, 0.29) is 5.56 Å². The smallest absolute Gasteiger partial charge is 0.337 e. The summed E-state index contributed by atoms with van der Waals surface area (Å²) >= 11 is 0. The average Bonchev–Trinajstić information content (AvgIpc) is 2.43. The number of carboxylic acids is 1. The van der Waals surface area contributed by atoms with Gasteiger partial charge in [-0.05, 0) is 12.5 Å². The second-order valence-electron chi connectivity index (χ2n) is 4.27. The third-order valence-corrected chi connectivity index (χ3v) is 2.78. The fourth-order valence-electron chi connectivity index (χ4n) is 1.78. The number of ether oxygens (including phenoxy) is 2. The molecule has 1 rings (SSSR count). The van der Waals surface area contributed by atoms with E-state index in [0.29, 0.717) is 37.8 Å². The zero-order chi connectivity index (χ0) is 15.0. The van der Waals surface area contributed by atoms with E-state index in [1.165, 1.54) is 12.3 Å². The summed E-state index contributed by atoms with van der Waals surface area (Å²) in [6.07, 6.45) is 2.13. The van der Waals surface area contributed by atoms with E-state index >= 15 is 0 Å². The van der Waals surface area contributed by atoms with Gasteiger partial charge >= 0.3 is 5.97 Å². The molecular weight excluding hydrogens is 262 g/mol. The summed E-state index contributed by atoms with van der Waals surface area (Å²) in [5.74, 6) is -0.471. The Bertz CT molecular complexity index is 440. The lowest BCUT2D eigenvalue weighted by molar-refractivity contribution is 0.0696. The van der Waals surface area contributed by atoms with Gasteiger partial charge in [0.05, 0.1) is 17.9 Å². The van der Waals surface area contributed by atoms with Gasteiger partial charge in [0.15, 0.2) is 5.82 Å². The molecule has 112 valence electrons. The van der Waals surface area contributed by atoms with E-state index in [2.05, 4.69) is 4.98 Å². The highest BCUT2D eigenvalue weighted by Crippen LogP contribution is 2.21. The van der Waals surface area contributed by atoms with Crippen LogP contribution in [0, 0.1) is 0 Å². The molecule has 3 N–H and O–H groups in total. The van der Waals surface area contributed by atoms with Crippen LogP contribution in [0.5, 0.6) is 0 Å². The van der Waals surface area contributed by atoms with Gasteiger partial charge in [-0.2, -0.15) is 0 Å². The second kappa shape index (κ2) is 8.34. The number of methoxy groups -OCH3 is 2. The highest BCUT2D eigenvalue weighted by atomic mass is 16.5. The molecule has 0 atom stereocenters. The first-order chi connectivity index (χ1) is 9.60. The Morgan fingerprint density at radius 3 is 2.60 bits per heavy atom. The molecule has 0 saturated carbocycles. The predicted octanol–water partition coefficient (Wildman–Crippen LogP) is 0.851. The number of anilines is 2. The standard InChI is InChI=1S/C13H21N3O4/c1-19-6-3-4-16(5-7-20-2)12-11(14)8-10(9-15-12)13(17)18/h8-9H,3-7,14H2,1-2H3,(H,17,18). The average molecular weight is 283 g/mol. The normalized spacial score (nSPS) is 10.5. The first-order valence-corrected chi connectivity index (χ1v) is 6.31. The zero-order valence-corrected chi connectivity index (χ0v) is 11.8. The van der Waals surface area contributed by atoms with Crippen molar-refractivity contribution in [2.24, 2.45) is 0 Å². The number of pyridine rings is 1. The lowest BCUT2D eigenvalue weighted by Crippen LogP contribution is -2.30. The zero-order valence-electron chi connectivity index (χ0n) is 11.8. The van der Waals surface area contributed by atoms with Crippen LogP contribution in [0.2, 0.25) is 0 Å². The molecule has 1 heterocycles. The van der Waals surface area contributed by atoms with Crippen LogP contribution >= 0.6 is 0 Å². The van der Waals surface area contributed by atoms with Crippen molar-refractivity contribution in [1.82, 2.24) is 4.98 Å². The van der Waals surface area contributed by atoms with Gasteiger partial charge in [-0.1, -0.05) is 0 Å². The molecule has 0 radical (unpaired) electrons. The third kappa shape index (κ3) is 4.67. The molecule has 0 fully saturated rings. The van der Waals surface area contributed by atoms with E-state index in [4.69, 9.17) is 20.3 Å². The van der Waals surface area contributed by atoms with Crippen molar-refractivity contribution in [2.75, 3.05) is 51.2 Å². The first kappa shape index (κ1) is 16.2. The van der Waals surface area contributed by atoms with Crippen LogP contribution in [0.25, 0.3) is 0 Å². The molecule has 0 amide bonds. The Kier molecular flexibility index (Phi) is 6.75. The highest BCUT2D eigenvalue weighted by Gasteiger charge is 2.13. The number of hydrogen-bond acceptors (Lipinski definition) is 6. The number of nitrogens with two attached hydrogens (primary N) is 1. The molecule has 0 aromatic carbocycles. The Morgan fingerprint density at radius 2 is 2.05 bits per heavy atom. The minimum absolute atomic E-state index is 0.0785. The summed E-state index contributed by atoms with van der Waals surface area (Å²) in [5, 5.41) is 8.91. The summed E-state index contributed by atoms with van der Waals surface area (Å²) < 4.78 is 10.1. The maximum absolute atomic E-state index is 10.9. The molecule has 0 aliphatic heterocycles. The van der Waals surface area contributed by atoms with Gasteiger partial charge in [0, 0.05) is 40.1 Å². The van der Waals surface area contributed by atoms with E-state index in [9.17, 15) is 4.79 Å². The lowest BCUT2D eigenvalue weighted by atomic mass is 10.2. The van der Waals surface area contributed by atoms with Gasteiger partial charge in [-0.15, -0.1) is 0 Å². The van der Waals surface area contributed by atoms with Crippen LogP contribution in [0.4, 0.5) is 11.5 Å². The van der Waals surface area contributed by atoms with Crippen LogP contribution < -0.4 is 10.6 Å². The third-order valence-electron chi connectivity index (χ3n) is 2.78. The molecule has 1 aromatic heterocycles. The minimum atomic E-state index is -1.04. The molecular formula is C13H21N3O4. The van der Waals surface area contributed by atoms with Gasteiger partial charge in [-0.25, -0.2) is 9.78 Å². The monoisotopic (exact) mass is 283 g/mol. The Balaban J connectivity index is 2.85. The number of aromatic nitrogens is 1. The SMILES string of the molecule is COCCCN(CCOC)c1ncc(C(=O)O)cc1N. The van der Waals surface area contributed by atoms with Crippen LogP contribution in [0.1, 0.15) is 16.8 Å². The topological polar surface area (TPSA) is 97.9 Å². The van der Waals surface area contributed by atoms with Crippen molar-refractivity contribution >= 4 is 17.5 Å². The number of rotatable bonds is 9. The number of carbonyl (C=O) groups is 1. The lowest BCUT2D eigenvalue weighted by Gasteiger charge is -2.24. The Morgan fingerprint density at radius 1 is 1.35 bits per heavy atom. The van der Waals surface area contributed by atoms with Crippen LogP contribution in [0.3, 0.4) is 0 Å². The van der Waals surface area contributed by atoms with Gasteiger partial charge < -0.3 is 25.2 Å². The maximum atomic E-state index is 10.9. The number of aromatic carboxylic acids is 1. The van der Waals surface area contributed by atoms with Gasteiger partial charge in [0.1, 0.15) is 0 Å². The summed E-state index contributed by atoms with van der Waals surface area (Å²) in [6, 6.07) is 1.42. The summed E-state index contributed by atoms with van der Waals surface area (Å²) in [4.78, 5) is 17.0. The van der Waals surface area contributed by atoms with Crippen molar-refractivity contribution in [3.05, 3.63) is 17.8 Å². The van der Waals surface area contributed by atoms with Crippen LogP contribution in [-0.4, -0.2) is 56.6 Å².